The molecule has 2 saturated heterocycles. The summed E-state index contributed by atoms with van der Waals surface area (Å²) in [4.78, 5) is 2.77. The second kappa shape index (κ2) is 13.6. The van der Waals surface area contributed by atoms with Gasteiger partial charge in [-0.2, -0.15) is 13.2 Å². The maximum atomic E-state index is 13.7. The number of hydrogen-bond donors (Lipinski definition) is 2. The lowest BCUT2D eigenvalue weighted by molar-refractivity contribution is -0.140. The molecule has 2 aliphatic heterocycles. The summed E-state index contributed by atoms with van der Waals surface area (Å²) in [6.07, 6.45) is 3.29. The Labute approximate surface area is 274 Å². The minimum Gasteiger partial charge on any atom is -0.492 e. The molecule has 0 radical (unpaired) electrons. The summed E-state index contributed by atoms with van der Waals surface area (Å²) in [5, 5.41) is 7.48. The van der Waals surface area contributed by atoms with E-state index in [0.717, 1.165) is 69.1 Å². The first-order chi connectivity index (χ1) is 22.4. The van der Waals surface area contributed by atoms with E-state index in [2.05, 4.69) is 27.4 Å². The van der Waals surface area contributed by atoms with E-state index in [1.54, 1.807) is 31.2 Å². The fraction of sp³-hybridized carbons (Fsp3) is 0.543. The Kier molecular flexibility index (Phi) is 9.70. The normalized spacial score (nSPS) is 21.6. The molecule has 3 aliphatic rings. The highest BCUT2D eigenvalue weighted by Gasteiger charge is 2.46. The van der Waals surface area contributed by atoms with Gasteiger partial charge in [-0.25, -0.2) is 8.42 Å². The van der Waals surface area contributed by atoms with Crippen LogP contribution in [0.1, 0.15) is 51.1 Å². The average molecular weight is 673 g/mol. The molecule has 0 unspecified atom stereocenters. The fourth-order valence-corrected chi connectivity index (χ4v) is 7.93. The van der Waals surface area contributed by atoms with Crippen molar-refractivity contribution >= 4 is 32.1 Å². The molecule has 1 aliphatic carbocycles. The predicted octanol–water partition coefficient (Wildman–Crippen LogP) is 6.30. The Balaban J connectivity index is 1.14. The minimum absolute atomic E-state index is 0.117. The van der Waals surface area contributed by atoms with Gasteiger partial charge in [-0.05, 0) is 81.7 Å². The number of benzene rings is 2. The molecule has 12 heteroatoms. The maximum absolute atomic E-state index is 13.7. The number of alkyl halides is 3. The summed E-state index contributed by atoms with van der Waals surface area (Å²) in [6.45, 7) is 5.20. The van der Waals surface area contributed by atoms with Crippen LogP contribution in [0.25, 0.3) is 10.9 Å². The van der Waals surface area contributed by atoms with Crippen molar-refractivity contribution in [2.75, 3.05) is 56.3 Å². The molecule has 254 valence electrons. The Hall–Kier alpha value is -3.40. The van der Waals surface area contributed by atoms with Gasteiger partial charge in [-0.15, -0.1) is 0 Å². The molecule has 2 N–H and O–H groups in total. The van der Waals surface area contributed by atoms with Crippen molar-refractivity contribution in [1.29, 1.82) is 0 Å². The number of ether oxygens (including phenoxy) is 2. The van der Waals surface area contributed by atoms with Crippen LogP contribution in [0.3, 0.4) is 0 Å². The lowest BCUT2D eigenvalue weighted by atomic mass is 9.71. The number of nitrogens with zero attached hydrogens (tertiary/aromatic N) is 2. The van der Waals surface area contributed by atoms with Gasteiger partial charge >= 0.3 is 6.18 Å². The first kappa shape index (κ1) is 33.5. The zero-order valence-corrected chi connectivity index (χ0v) is 27.8. The van der Waals surface area contributed by atoms with Gasteiger partial charge in [0.1, 0.15) is 12.3 Å². The molecule has 1 spiro atoms. The molecule has 0 bridgehead atoms. The van der Waals surface area contributed by atoms with Crippen LogP contribution in [-0.2, 0) is 21.1 Å². The molecule has 1 saturated carbocycles. The monoisotopic (exact) mass is 672 g/mol. The third-order valence-corrected chi connectivity index (χ3v) is 10.9. The standard InChI is InChI=1S/C35H43F3N4O4S/c1-3-46-33-21-28(47(2,43)44)13-14-31(33)39-17-5-6-27-20-29-30(7-4-8-32(29)42(27)24-35(36,37)38)40-25-9-11-26(12-10-25)41-22-34(23-41)15-18-45-19-16-34/h4,7-8,13-14,20-21,25-26,39-40H,3,9-12,15-19,22-24H2,1-2H3/t25-,26-. The summed E-state index contributed by atoms with van der Waals surface area (Å²) in [5.41, 5.74) is 2.58. The lowest BCUT2D eigenvalue weighted by Crippen LogP contribution is -2.62. The third-order valence-electron chi connectivity index (χ3n) is 9.75. The summed E-state index contributed by atoms with van der Waals surface area (Å²) in [5.74, 6) is 6.25. The van der Waals surface area contributed by atoms with E-state index >= 15 is 0 Å². The van der Waals surface area contributed by atoms with Crippen molar-refractivity contribution in [3.8, 4) is 17.6 Å². The molecule has 2 aromatic carbocycles. The first-order valence-electron chi connectivity index (χ1n) is 16.4. The second-order valence-corrected chi connectivity index (χ2v) is 15.2. The van der Waals surface area contributed by atoms with E-state index in [4.69, 9.17) is 9.47 Å². The quantitative estimate of drug-likeness (QED) is 0.258. The van der Waals surface area contributed by atoms with Crippen LogP contribution < -0.4 is 15.4 Å². The van der Waals surface area contributed by atoms with E-state index in [0.29, 0.717) is 35.0 Å². The maximum Gasteiger partial charge on any atom is 0.406 e. The molecular weight excluding hydrogens is 629 g/mol. The summed E-state index contributed by atoms with van der Waals surface area (Å²) in [7, 11) is -3.42. The highest BCUT2D eigenvalue weighted by molar-refractivity contribution is 7.90. The summed E-state index contributed by atoms with van der Waals surface area (Å²) < 4.78 is 77.5. The van der Waals surface area contributed by atoms with Crippen LogP contribution in [0.2, 0.25) is 0 Å². The Bertz CT molecular complexity index is 1740. The van der Waals surface area contributed by atoms with Gasteiger partial charge in [0, 0.05) is 67.2 Å². The number of anilines is 2. The molecular formula is C35H43F3N4O4S. The van der Waals surface area contributed by atoms with Crippen molar-refractivity contribution in [3.63, 3.8) is 0 Å². The van der Waals surface area contributed by atoms with Crippen molar-refractivity contribution < 1.29 is 31.1 Å². The van der Waals surface area contributed by atoms with E-state index in [-0.39, 0.29) is 23.2 Å². The molecule has 0 amide bonds. The zero-order chi connectivity index (χ0) is 33.2. The number of likely N-dealkylation sites (tertiary alicyclic amines) is 1. The Morgan fingerprint density at radius 3 is 2.47 bits per heavy atom. The third kappa shape index (κ3) is 7.85. The van der Waals surface area contributed by atoms with Gasteiger partial charge in [-0.1, -0.05) is 12.0 Å². The van der Waals surface area contributed by atoms with Gasteiger partial charge in [0.2, 0.25) is 0 Å². The molecule has 3 fully saturated rings. The molecule has 47 heavy (non-hydrogen) atoms. The number of halogens is 3. The number of fused-ring (bicyclic) bond motifs is 1. The summed E-state index contributed by atoms with van der Waals surface area (Å²) in [6, 6.07) is 12.6. The fourth-order valence-electron chi connectivity index (χ4n) is 7.29. The number of sulfone groups is 1. The highest BCUT2D eigenvalue weighted by atomic mass is 32.2. The van der Waals surface area contributed by atoms with E-state index in [1.165, 1.54) is 29.8 Å². The van der Waals surface area contributed by atoms with E-state index in [1.807, 2.05) is 6.07 Å². The van der Waals surface area contributed by atoms with E-state index < -0.39 is 22.6 Å². The topological polar surface area (TPSA) is 84.8 Å². The number of hydrogen-bond acceptors (Lipinski definition) is 7. The highest BCUT2D eigenvalue weighted by Crippen LogP contribution is 2.43. The second-order valence-electron chi connectivity index (χ2n) is 13.2. The van der Waals surface area contributed by atoms with Crippen molar-refractivity contribution in [1.82, 2.24) is 9.47 Å². The molecule has 3 heterocycles. The Morgan fingerprint density at radius 2 is 1.79 bits per heavy atom. The van der Waals surface area contributed by atoms with Crippen LogP contribution in [0.15, 0.2) is 47.4 Å². The van der Waals surface area contributed by atoms with Crippen LogP contribution in [0.5, 0.6) is 5.75 Å². The molecule has 8 nitrogen and oxygen atoms in total. The molecule has 3 aromatic rings. The first-order valence-corrected chi connectivity index (χ1v) is 18.3. The average Bonchev–Trinajstić information content (AvgIpc) is 3.35. The van der Waals surface area contributed by atoms with Gasteiger partial charge in [-0.3, -0.25) is 4.90 Å². The predicted molar refractivity (Wildman–Crippen MR) is 178 cm³/mol. The minimum atomic E-state index is -4.42. The number of rotatable bonds is 9. The van der Waals surface area contributed by atoms with Crippen LogP contribution in [0.4, 0.5) is 24.5 Å². The van der Waals surface area contributed by atoms with Crippen molar-refractivity contribution in [2.24, 2.45) is 5.41 Å². The lowest BCUT2D eigenvalue weighted by Gasteiger charge is -2.56. The number of aromatic nitrogens is 1. The molecule has 0 atom stereocenters. The smallest absolute Gasteiger partial charge is 0.406 e. The SMILES string of the molecule is CCOc1cc(S(C)(=O)=O)ccc1NCC#Cc1cc2c(N[C@H]3CC[C@H](N4CC5(CCOCC5)C4)CC3)cccc2n1CC(F)(F)F. The molecule has 1 aromatic heterocycles. The van der Waals surface area contributed by atoms with Gasteiger partial charge < -0.3 is 24.7 Å². The van der Waals surface area contributed by atoms with Crippen LogP contribution in [0, 0.1) is 17.3 Å². The molecule has 6 rings (SSSR count). The van der Waals surface area contributed by atoms with Crippen molar-refractivity contribution in [2.45, 2.75) is 75.1 Å². The number of nitrogens with one attached hydrogen (secondary N) is 2. The zero-order valence-electron chi connectivity index (χ0n) is 27.0. The van der Waals surface area contributed by atoms with Gasteiger partial charge in [0.15, 0.2) is 9.84 Å². The van der Waals surface area contributed by atoms with E-state index in [9.17, 15) is 21.6 Å². The largest absolute Gasteiger partial charge is 0.492 e. The van der Waals surface area contributed by atoms with Gasteiger partial charge in [0.05, 0.1) is 34.9 Å². The van der Waals surface area contributed by atoms with Gasteiger partial charge in [0.25, 0.3) is 0 Å². The summed E-state index contributed by atoms with van der Waals surface area (Å²) >= 11 is 0. The Morgan fingerprint density at radius 1 is 1.04 bits per heavy atom. The van der Waals surface area contributed by atoms with Crippen LogP contribution >= 0.6 is 0 Å². The van der Waals surface area contributed by atoms with Crippen LogP contribution in [-0.4, -0.2) is 81.9 Å². The van der Waals surface area contributed by atoms with Crippen molar-refractivity contribution in [3.05, 3.63) is 48.2 Å².